The van der Waals surface area contributed by atoms with Crippen molar-refractivity contribution in [3.05, 3.63) is 17.5 Å². The van der Waals surface area contributed by atoms with Crippen molar-refractivity contribution in [3.8, 4) is 0 Å². The highest BCUT2D eigenvalue weighted by Gasteiger charge is 2.22. The topological polar surface area (TPSA) is 67.2 Å². The average Bonchev–Trinajstić information content (AvgIpc) is 3.00. The first-order valence-electron chi connectivity index (χ1n) is 7.89. The molecule has 1 aromatic heterocycles. The molecule has 0 radical (unpaired) electrons. The number of nitrogens with zero attached hydrogens (tertiary/aromatic N) is 3. The summed E-state index contributed by atoms with van der Waals surface area (Å²) in [4.78, 5) is 25.6. The van der Waals surface area contributed by atoms with E-state index in [1.54, 1.807) is 11.7 Å². The first kappa shape index (κ1) is 16.5. The lowest BCUT2D eigenvalue weighted by Crippen LogP contribution is -2.31. The van der Waals surface area contributed by atoms with Crippen LogP contribution < -0.4 is 5.32 Å². The highest BCUT2D eigenvalue weighted by Crippen LogP contribution is 2.21. The molecule has 0 aliphatic carbocycles. The third kappa shape index (κ3) is 3.87. The van der Waals surface area contributed by atoms with E-state index in [-0.39, 0.29) is 17.2 Å². The maximum atomic E-state index is 12.2. The van der Waals surface area contributed by atoms with E-state index in [1.165, 1.54) is 0 Å². The second-order valence-electron chi connectivity index (χ2n) is 6.88. The van der Waals surface area contributed by atoms with E-state index in [2.05, 4.69) is 31.2 Å². The average molecular weight is 306 g/mol. The van der Waals surface area contributed by atoms with Crippen LogP contribution in [0.1, 0.15) is 56.2 Å². The van der Waals surface area contributed by atoms with Crippen LogP contribution in [0.15, 0.2) is 6.07 Å². The molecular weight excluding hydrogens is 280 g/mol. The summed E-state index contributed by atoms with van der Waals surface area (Å²) in [6.45, 7) is 8.36. The Hall–Kier alpha value is -1.85. The lowest BCUT2D eigenvalue weighted by Gasteiger charge is -2.15. The van der Waals surface area contributed by atoms with E-state index in [4.69, 9.17) is 0 Å². The molecule has 1 saturated heterocycles. The molecule has 6 heteroatoms. The van der Waals surface area contributed by atoms with Crippen molar-refractivity contribution in [3.63, 3.8) is 0 Å². The van der Waals surface area contributed by atoms with Crippen molar-refractivity contribution in [2.45, 2.75) is 45.4 Å². The number of nitrogens with one attached hydrogen (secondary N) is 1. The molecule has 2 rings (SSSR count). The van der Waals surface area contributed by atoms with Gasteiger partial charge >= 0.3 is 0 Å². The first-order chi connectivity index (χ1) is 10.3. The molecule has 0 spiro atoms. The van der Waals surface area contributed by atoms with Gasteiger partial charge in [0.2, 0.25) is 5.91 Å². The highest BCUT2D eigenvalue weighted by molar-refractivity contribution is 5.92. The van der Waals surface area contributed by atoms with Crippen LogP contribution in [0.4, 0.5) is 0 Å². The van der Waals surface area contributed by atoms with Crippen LogP contribution in [-0.4, -0.2) is 46.1 Å². The Balaban J connectivity index is 1.82. The maximum absolute atomic E-state index is 12.2. The highest BCUT2D eigenvalue weighted by atomic mass is 16.2. The Morgan fingerprint density at radius 2 is 2.14 bits per heavy atom. The Morgan fingerprint density at radius 3 is 2.68 bits per heavy atom. The molecule has 2 amide bonds. The summed E-state index contributed by atoms with van der Waals surface area (Å²) in [7, 11) is 1.78. The number of carbonyl (C=O) groups excluding carboxylic acids is 2. The predicted octanol–water partition coefficient (Wildman–Crippen LogP) is 1.46. The molecule has 0 bridgehead atoms. The Morgan fingerprint density at radius 1 is 1.41 bits per heavy atom. The largest absolute Gasteiger partial charge is 0.351 e. The van der Waals surface area contributed by atoms with Gasteiger partial charge in [0.15, 0.2) is 0 Å². The van der Waals surface area contributed by atoms with Crippen molar-refractivity contribution in [1.82, 2.24) is 20.0 Å². The van der Waals surface area contributed by atoms with E-state index in [0.29, 0.717) is 18.7 Å². The zero-order chi connectivity index (χ0) is 16.3. The van der Waals surface area contributed by atoms with Crippen molar-refractivity contribution in [1.29, 1.82) is 0 Å². The molecule has 6 nitrogen and oxygen atoms in total. The summed E-state index contributed by atoms with van der Waals surface area (Å²) in [6.07, 6.45) is 2.40. The van der Waals surface area contributed by atoms with Crippen molar-refractivity contribution >= 4 is 11.8 Å². The van der Waals surface area contributed by atoms with Crippen LogP contribution in [0.3, 0.4) is 0 Å². The molecule has 0 atom stereocenters. The molecule has 0 unspecified atom stereocenters. The van der Waals surface area contributed by atoms with Crippen molar-refractivity contribution in [2.24, 2.45) is 7.05 Å². The SMILES string of the molecule is Cn1nc(C(C)(C)C)cc1C(=O)NCCCN1CCCC1=O. The van der Waals surface area contributed by atoms with Crippen LogP contribution in [-0.2, 0) is 17.3 Å². The van der Waals surface area contributed by atoms with Gasteiger partial charge < -0.3 is 10.2 Å². The van der Waals surface area contributed by atoms with Gasteiger partial charge in [-0.1, -0.05) is 20.8 Å². The van der Waals surface area contributed by atoms with Crippen LogP contribution in [0.25, 0.3) is 0 Å². The Labute approximate surface area is 131 Å². The van der Waals surface area contributed by atoms with Gasteiger partial charge in [-0.15, -0.1) is 0 Å². The van der Waals surface area contributed by atoms with Crippen LogP contribution in [0.2, 0.25) is 0 Å². The summed E-state index contributed by atoms with van der Waals surface area (Å²) >= 11 is 0. The molecule has 1 aliphatic heterocycles. The predicted molar refractivity (Wildman–Crippen MR) is 84.7 cm³/mol. The summed E-state index contributed by atoms with van der Waals surface area (Å²) < 4.78 is 1.62. The number of carbonyl (C=O) groups is 2. The van der Waals surface area contributed by atoms with Gasteiger partial charge in [0.1, 0.15) is 5.69 Å². The zero-order valence-corrected chi connectivity index (χ0v) is 14.0. The number of hydrogen-bond acceptors (Lipinski definition) is 3. The van der Waals surface area contributed by atoms with Crippen LogP contribution in [0.5, 0.6) is 0 Å². The quantitative estimate of drug-likeness (QED) is 0.838. The van der Waals surface area contributed by atoms with Gasteiger partial charge in [-0.05, 0) is 18.9 Å². The van der Waals surface area contributed by atoms with E-state index >= 15 is 0 Å². The molecule has 0 aromatic carbocycles. The monoisotopic (exact) mass is 306 g/mol. The molecular formula is C16H26N4O2. The minimum absolute atomic E-state index is 0.0770. The second-order valence-corrected chi connectivity index (χ2v) is 6.88. The van der Waals surface area contributed by atoms with Gasteiger partial charge in [0.25, 0.3) is 5.91 Å². The van der Waals surface area contributed by atoms with Gasteiger partial charge in [0.05, 0.1) is 5.69 Å². The minimum Gasteiger partial charge on any atom is -0.351 e. The number of rotatable bonds is 5. The number of aryl methyl sites for hydroxylation is 1. The summed E-state index contributed by atoms with van der Waals surface area (Å²) in [5.41, 5.74) is 1.40. The lowest BCUT2D eigenvalue weighted by atomic mass is 9.92. The smallest absolute Gasteiger partial charge is 0.269 e. The van der Waals surface area contributed by atoms with Crippen molar-refractivity contribution < 1.29 is 9.59 Å². The second kappa shape index (κ2) is 6.50. The summed E-state index contributed by atoms with van der Waals surface area (Å²) in [5, 5.41) is 7.31. The number of aromatic nitrogens is 2. The molecule has 2 heterocycles. The molecule has 1 N–H and O–H groups in total. The standard InChI is InChI=1S/C16H26N4O2/c1-16(2,3)13-11-12(19(4)18-13)15(22)17-8-6-10-20-9-5-7-14(20)21/h11H,5-10H2,1-4H3,(H,17,22). The number of amides is 2. The third-order valence-electron chi connectivity index (χ3n) is 3.94. The zero-order valence-electron chi connectivity index (χ0n) is 14.0. The molecule has 1 aromatic rings. The Bertz CT molecular complexity index is 557. The lowest BCUT2D eigenvalue weighted by molar-refractivity contribution is -0.127. The fourth-order valence-corrected chi connectivity index (χ4v) is 2.55. The Kier molecular flexibility index (Phi) is 4.88. The summed E-state index contributed by atoms with van der Waals surface area (Å²) in [5.74, 6) is 0.117. The fourth-order valence-electron chi connectivity index (χ4n) is 2.55. The molecule has 1 fully saturated rings. The number of likely N-dealkylation sites (tertiary alicyclic amines) is 1. The molecule has 0 saturated carbocycles. The molecule has 22 heavy (non-hydrogen) atoms. The molecule has 1 aliphatic rings. The molecule has 122 valence electrons. The maximum Gasteiger partial charge on any atom is 0.269 e. The third-order valence-corrected chi connectivity index (χ3v) is 3.94. The van der Waals surface area contributed by atoms with Crippen LogP contribution >= 0.6 is 0 Å². The van der Waals surface area contributed by atoms with Crippen LogP contribution in [0, 0.1) is 0 Å². The van der Waals surface area contributed by atoms with E-state index in [1.807, 2.05) is 11.0 Å². The van der Waals surface area contributed by atoms with Gasteiger partial charge in [0, 0.05) is 38.5 Å². The summed E-state index contributed by atoms with van der Waals surface area (Å²) in [6, 6.07) is 1.85. The minimum atomic E-state index is -0.113. The van der Waals surface area contributed by atoms with E-state index < -0.39 is 0 Å². The fraction of sp³-hybridized carbons (Fsp3) is 0.688. The van der Waals surface area contributed by atoms with Crippen molar-refractivity contribution in [2.75, 3.05) is 19.6 Å². The van der Waals surface area contributed by atoms with Gasteiger partial charge in [-0.2, -0.15) is 5.10 Å². The van der Waals surface area contributed by atoms with Gasteiger partial charge in [-0.25, -0.2) is 0 Å². The first-order valence-corrected chi connectivity index (χ1v) is 7.89. The normalized spacial score (nSPS) is 15.5. The van der Waals surface area contributed by atoms with Gasteiger partial charge in [-0.3, -0.25) is 14.3 Å². The van der Waals surface area contributed by atoms with E-state index in [9.17, 15) is 9.59 Å². The number of hydrogen-bond donors (Lipinski definition) is 1. The van der Waals surface area contributed by atoms with E-state index in [0.717, 1.165) is 31.6 Å².